The summed E-state index contributed by atoms with van der Waals surface area (Å²) in [4.78, 5) is 15.0. The van der Waals surface area contributed by atoms with Crippen LogP contribution in [0.15, 0.2) is 17.2 Å². The summed E-state index contributed by atoms with van der Waals surface area (Å²) in [7, 11) is 0. The minimum atomic E-state index is -1.10. The minimum absolute atomic E-state index is 0. The number of rotatable bonds is 2. The quantitative estimate of drug-likeness (QED) is 0.807. The Morgan fingerprint density at radius 3 is 2.69 bits per heavy atom. The van der Waals surface area contributed by atoms with E-state index in [-0.39, 0.29) is 23.1 Å². The zero-order chi connectivity index (χ0) is 9.14. The Morgan fingerprint density at radius 1 is 1.69 bits per heavy atom. The van der Waals surface area contributed by atoms with Crippen LogP contribution in [0.4, 0.5) is 0 Å². The van der Waals surface area contributed by atoms with Crippen molar-refractivity contribution in [2.24, 2.45) is 0 Å². The van der Waals surface area contributed by atoms with Crippen molar-refractivity contribution in [1.82, 2.24) is 4.98 Å². The molecule has 1 N–H and O–H groups in total. The van der Waals surface area contributed by atoms with Crippen LogP contribution < -0.4 is 0 Å². The van der Waals surface area contributed by atoms with Gasteiger partial charge in [0, 0.05) is 11.1 Å². The molecular weight excluding hydrogens is 233 g/mol. The molecule has 0 spiro atoms. The van der Waals surface area contributed by atoms with E-state index in [9.17, 15) is 4.79 Å². The molecule has 0 amide bonds. The number of halogens is 2. The first-order valence-electron chi connectivity index (χ1n) is 3.08. The summed E-state index contributed by atoms with van der Waals surface area (Å²) in [6.07, 6.45) is 3.35. The highest BCUT2D eigenvalue weighted by Crippen LogP contribution is 2.20. The van der Waals surface area contributed by atoms with E-state index < -0.39 is 5.97 Å². The smallest absolute Gasteiger partial charge is 0.356 e. The van der Waals surface area contributed by atoms with Gasteiger partial charge in [0.25, 0.3) is 0 Å². The van der Waals surface area contributed by atoms with Gasteiger partial charge in [-0.15, -0.1) is 24.2 Å². The second-order valence-corrected chi connectivity index (χ2v) is 3.30. The van der Waals surface area contributed by atoms with E-state index in [1.54, 1.807) is 6.07 Å². The molecule has 1 rings (SSSR count). The van der Waals surface area contributed by atoms with E-state index >= 15 is 0 Å². The molecule has 0 fully saturated rings. The van der Waals surface area contributed by atoms with Crippen molar-refractivity contribution in [3.63, 3.8) is 0 Å². The van der Waals surface area contributed by atoms with E-state index in [1.807, 2.05) is 6.26 Å². The highest BCUT2D eigenvalue weighted by Gasteiger charge is 2.09. The lowest BCUT2D eigenvalue weighted by atomic mass is 10.3. The van der Waals surface area contributed by atoms with Crippen LogP contribution in [-0.2, 0) is 0 Å². The summed E-state index contributed by atoms with van der Waals surface area (Å²) in [6.45, 7) is 0. The van der Waals surface area contributed by atoms with Crippen LogP contribution in [0.25, 0.3) is 0 Å². The average Bonchev–Trinajstić information content (AvgIpc) is 2.03. The summed E-state index contributed by atoms with van der Waals surface area (Å²) in [5, 5.41) is 8.75. The Kier molecular flexibility index (Phi) is 5.13. The van der Waals surface area contributed by atoms with Gasteiger partial charge in [-0.05, 0) is 12.3 Å². The fraction of sp³-hybridized carbons (Fsp3) is 0.143. The number of nitrogens with zero attached hydrogens (tertiary/aromatic N) is 1. The Hall–Kier alpha value is -0.450. The van der Waals surface area contributed by atoms with Crippen LogP contribution in [0.2, 0.25) is 5.02 Å². The van der Waals surface area contributed by atoms with Gasteiger partial charge in [-0.3, -0.25) is 0 Å². The normalized spacial score (nSPS) is 9.08. The molecule has 1 heterocycles. The molecule has 1 aromatic heterocycles. The molecule has 0 aliphatic heterocycles. The van der Waals surface area contributed by atoms with E-state index in [4.69, 9.17) is 16.7 Å². The van der Waals surface area contributed by atoms with Gasteiger partial charge in [-0.1, -0.05) is 11.6 Å². The number of carboxylic acids is 1. The summed E-state index contributed by atoms with van der Waals surface area (Å²) in [5.41, 5.74) is -0.102. The molecule has 13 heavy (non-hydrogen) atoms. The maximum Gasteiger partial charge on any atom is 0.356 e. The first-order chi connectivity index (χ1) is 5.65. The van der Waals surface area contributed by atoms with Crippen LogP contribution in [0.3, 0.4) is 0 Å². The zero-order valence-corrected chi connectivity index (χ0v) is 9.04. The predicted octanol–water partition coefficient (Wildman–Crippen LogP) is 2.58. The number of aromatic carboxylic acids is 1. The highest BCUT2D eigenvalue weighted by molar-refractivity contribution is 7.98. The Labute approximate surface area is 90.9 Å². The summed E-state index contributed by atoms with van der Waals surface area (Å²) in [6, 6.07) is 1.59. The van der Waals surface area contributed by atoms with E-state index in [0.717, 1.165) is 4.90 Å². The number of carbonyl (C=O) groups is 1. The standard InChI is InChI=1S/C7H6ClNO2S.ClH/c1-12-4-2-5(8)6(7(10)11)9-3-4;/h2-3H,1H3,(H,10,11);1H. The minimum Gasteiger partial charge on any atom is -0.476 e. The second kappa shape index (κ2) is 5.32. The van der Waals surface area contributed by atoms with Crippen molar-refractivity contribution < 1.29 is 9.90 Å². The third-order valence-electron chi connectivity index (χ3n) is 1.25. The van der Waals surface area contributed by atoms with Crippen LogP contribution in [-0.4, -0.2) is 22.3 Å². The molecule has 0 bridgehead atoms. The molecule has 0 aromatic carbocycles. The first kappa shape index (κ1) is 12.6. The largest absolute Gasteiger partial charge is 0.476 e. The van der Waals surface area contributed by atoms with Gasteiger partial charge in [0.05, 0.1) is 5.02 Å². The molecule has 0 unspecified atom stereocenters. The molecule has 0 atom stereocenters. The Morgan fingerprint density at radius 2 is 2.31 bits per heavy atom. The maximum atomic E-state index is 10.5. The molecule has 6 heteroatoms. The van der Waals surface area contributed by atoms with Crippen molar-refractivity contribution in [3.05, 3.63) is 23.0 Å². The number of carboxylic acid groups (broad SMARTS) is 1. The lowest BCUT2D eigenvalue weighted by molar-refractivity contribution is 0.0690. The summed E-state index contributed by atoms with van der Waals surface area (Å²) < 4.78 is 0. The van der Waals surface area contributed by atoms with Crippen LogP contribution >= 0.6 is 35.8 Å². The fourth-order valence-electron chi connectivity index (χ4n) is 0.689. The predicted molar refractivity (Wildman–Crippen MR) is 55.2 cm³/mol. The number of aromatic nitrogens is 1. The first-order valence-corrected chi connectivity index (χ1v) is 4.68. The highest BCUT2D eigenvalue weighted by atomic mass is 35.5. The van der Waals surface area contributed by atoms with Gasteiger partial charge in [0.1, 0.15) is 0 Å². The van der Waals surface area contributed by atoms with Gasteiger partial charge < -0.3 is 5.11 Å². The van der Waals surface area contributed by atoms with Crippen molar-refractivity contribution >= 4 is 41.7 Å². The molecule has 72 valence electrons. The van der Waals surface area contributed by atoms with Gasteiger partial charge in [0.15, 0.2) is 5.69 Å². The zero-order valence-electron chi connectivity index (χ0n) is 6.65. The van der Waals surface area contributed by atoms with Crippen LogP contribution in [0.5, 0.6) is 0 Å². The number of hydrogen-bond acceptors (Lipinski definition) is 3. The third kappa shape index (κ3) is 3.06. The topological polar surface area (TPSA) is 50.2 Å². The molecule has 0 aliphatic carbocycles. The van der Waals surface area contributed by atoms with E-state index in [2.05, 4.69) is 4.98 Å². The monoisotopic (exact) mass is 239 g/mol. The van der Waals surface area contributed by atoms with Crippen molar-refractivity contribution in [1.29, 1.82) is 0 Å². The van der Waals surface area contributed by atoms with Crippen molar-refractivity contribution in [2.45, 2.75) is 4.90 Å². The summed E-state index contributed by atoms with van der Waals surface area (Å²) in [5.74, 6) is -1.10. The number of thioether (sulfide) groups is 1. The van der Waals surface area contributed by atoms with Gasteiger partial charge in [-0.25, -0.2) is 9.78 Å². The molecular formula is C7H7Cl2NO2S. The van der Waals surface area contributed by atoms with Gasteiger partial charge >= 0.3 is 5.97 Å². The van der Waals surface area contributed by atoms with Gasteiger partial charge in [0.2, 0.25) is 0 Å². The lowest BCUT2D eigenvalue weighted by Crippen LogP contribution is -2.00. The molecule has 0 aliphatic rings. The van der Waals surface area contributed by atoms with Crippen LogP contribution in [0, 0.1) is 0 Å². The third-order valence-corrected chi connectivity index (χ3v) is 2.24. The average molecular weight is 240 g/mol. The number of pyridine rings is 1. The van der Waals surface area contributed by atoms with Crippen LogP contribution in [0.1, 0.15) is 10.5 Å². The Balaban J connectivity index is 0.00000144. The van der Waals surface area contributed by atoms with E-state index in [1.165, 1.54) is 18.0 Å². The van der Waals surface area contributed by atoms with Crippen molar-refractivity contribution in [3.8, 4) is 0 Å². The molecule has 3 nitrogen and oxygen atoms in total. The molecule has 1 aromatic rings. The molecule has 0 saturated heterocycles. The van der Waals surface area contributed by atoms with E-state index in [0.29, 0.717) is 0 Å². The Bertz CT molecular complexity index is 319. The molecule has 0 radical (unpaired) electrons. The SMILES string of the molecule is CSc1cnc(C(=O)O)c(Cl)c1.Cl. The van der Waals surface area contributed by atoms with Gasteiger partial charge in [-0.2, -0.15) is 0 Å². The van der Waals surface area contributed by atoms with Crippen molar-refractivity contribution in [2.75, 3.05) is 6.26 Å². The maximum absolute atomic E-state index is 10.5. The lowest BCUT2D eigenvalue weighted by Gasteiger charge is -1.99. The second-order valence-electron chi connectivity index (χ2n) is 2.01. The number of hydrogen-bond donors (Lipinski definition) is 1. The fourth-order valence-corrected chi connectivity index (χ4v) is 1.40. The summed E-state index contributed by atoms with van der Waals surface area (Å²) >= 11 is 7.11. The molecule has 0 saturated carbocycles.